The topological polar surface area (TPSA) is 0 Å². The van der Waals surface area contributed by atoms with Crippen LogP contribution >= 0.6 is 23.5 Å². The number of allylic oxidation sites excluding steroid dienone is 6. The van der Waals surface area contributed by atoms with Gasteiger partial charge < -0.3 is 0 Å². The first-order valence-corrected chi connectivity index (χ1v) is 10.2. The van der Waals surface area contributed by atoms with E-state index in [0.717, 1.165) is 5.57 Å². The smallest absolute Gasteiger partial charge is 0.0341 e. The van der Waals surface area contributed by atoms with Gasteiger partial charge in [-0.25, -0.2) is 0 Å². The average molecular weight is 375 g/mol. The lowest BCUT2D eigenvalue weighted by molar-refractivity contribution is 1.25. The summed E-state index contributed by atoms with van der Waals surface area (Å²) in [5.74, 6) is 0. The predicted molar refractivity (Wildman–Crippen MR) is 119 cm³/mol. The molecule has 0 saturated heterocycles. The molecule has 0 atom stereocenters. The Morgan fingerprint density at radius 2 is 1.77 bits per heavy atom. The first-order valence-electron chi connectivity index (χ1n) is 8.55. The molecule has 0 saturated carbocycles. The molecule has 2 aromatic rings. The van der Waals surface area contributed by atoms with Crippen LogP contribution in [0.3, 0.4) is 0 Å². The highest BCUT2D eigenvalue weighted by molar-refractivity contribution is 8.09. The van der Waals surface area contributed by atoms with E-state index in [1.165, 1.54) is 36.3 Å². The molecule has 0 spiro atoms. The number of benzene rings is 2. The Balaban J connectivity index is 2.06. The third kappa shape index (κ3) is 3.82. The van der Waals surface area contributed by atoms with E-state index in [0.29, 0.717) is 0 Å². The molecule has 0 aliphatic carbocycles. The Morgan fingerprint density at radius 1 is 1.00 bits per heavy atom. The second kappa shape index (κ2) is 8.48. The Morgan fingerprint density at radius 3 is 2.46 bits per heavy atom. The molecule has 1 heterocycles. The van der Waals surface area contributed by atoms with Gasteiger partial charge in [0, 0.05) is 19.6 Å². The fraction of sp³-hybridized carbons (Fsp3) is 0.0833. The van der Waals surface area contributed by atoms with Crippen molar-refractivity contribution in [3.8, 4) is 11.1 Å². The minimum atomic E-state index is 1.06. The van der Waals surface area contributed by atoms with Crippen LogP contribution in [-0.2, 0) is 0 Å². The van der Waals surface area contributed by atoms with Gasteiger partial charge in [0.1, 0.15) is 0 Å². The molecule has 0 amide bonds. The van der Waals surface area contributed by atoms with Gasteiger partial charge in [0.15, 0.2) is 0 Å². The summed E-state index contributed by atoms with van der Waals surface area (Å²) in [5, 5.41) is 0. The highest BCUT2D eigenvalue weighted by atomic mass is 32.2. The van der Waals surface area contributed by atoms with E-state index in [1.54, 1.807) is 23.5 Å². The molecule has 0 nitrogen and oxygen atoms in total. The van der Waals surface area contributed by atoms with Gasteiger partial charge in [0.2, 0.25) is 0 Å². The molecule has 0 radical (unpaired) electrons. The van der Waals surface area contributed by atoms with Crippen LogP contribution in [0.2, 0.25) is 0 Å². The molecule has 1 aliphatic rings. The van der Waals surface area contributed by atoms with Crippen molar-refractivity contribution in [3.05, 3.63) is 107 Å². The van der Waals surface area contributed by atoms with Gasteiger partial charge in [-0.1, -0.05) is 103 Å². The predicted octanol–water partition coefficient (Wildman–Crippen LogP) is 8.03. The van der Waals surface area contributed by atoms with Gasteiger partial charge in [-0.2, -0.15) is 0 Å². The van der Waals surface area contributed by atoms with Crippen molar-refractivity contribution in [1.82, 2.24) is 0 Å². The third-order valence-corrected chi connectivity index (χ3v) is 6.91. The number of fused-ring (bicyclic) bond motifs is 1. The molecule has 1 aliphatic heterocycles. The van der Waals surface area contributed by atoms with Gasteiger partial charge in [0.25, 0.3) is 0 Å². The maximum absolute atomic E-state index is 4.36. The average Bonchev–Trinajstić information content (AvgIpc) is 2.70. The number of thioether (sulfide) groups is 2. The quantitative estimate of drug-likeness (QED) is 0.486. The van der Waals surface area contributed by atoms with Crippen molar-refractivity contribution in [2.75, 3.05) is 0 Å². The minimum absolute atomic E-state index is 1.06. The summed E-state index contributed by atoms with van der Waals surface area (Å²) in [6.07, 6.45) is 8.14. The maximum Gasteiger partial charge on any atom is 0.0341 e. The van der Waals surface area contributed by atoms with Crippen LogP contribution in [0.15, 0.2) is 117 Å². The van der Waals surface area contributed by atoms with Crippen molar-refractivity contribution in [1.29, 1.82) is 0 Å². The minimum Gasteiger partial charge on any atom is -0.0979 e. The van der Waals surface area contributed by atoms with Crippen LogP contribution < -0.4 is 0 Å². The lowest BCUT2D eigenvalue weighted by Crippen LogP contribution is -1.97. The van der Waals surface area contributed by atoms with Gasteiger partial charge >= 0.3 is 0 Å². The summed E-state index contributed by atoms with van der Waals surface area (Å²) < 4.78 is 0. The van der Waals surface area contributed by atoms with Crippen LogP contribution in [0.1, 0.15) is 13.8 Å². The highest BCUT2D eigenvalue weighted by Crippen LogP contribution is 2.53. The molecule has 0 unspecified atom stereocenters. The number of rotatable bonds is 5. The van der Waals surface area contributed by atoms with Crippen LogP contribution in [0.25, 0.3) is 11.1 Å². The summed E-state index contributed by atoms with van der Waals surface area (Å²) in [7, 11) is 0. The fourth-order valence-electron chi connectivity index (χ4n) is 2.73. The summed E-state index contributed by atoms with van der Waals surface area (Å²) in [6, 6.07) is 17.1. The van der Waals surface area contributed by atoms with Crippen molar-refractivity contribution < 1.29 is 0 Å². The van der Waals surface area contributed by atoms with Crippen molar-refractivity contribution in [3.63, 3.8) is 0 Å². The number of hydrogen-bond donors (Lipinski definition) is 0. The van der Waals surface area contributed by atoms with E-state index < -0.39 is 0 Å². The van der Waals surface area contributed by atoms with Gasteiger partial charge in [0.05, 0.1) is 0 Å². The standard InChI is InChI=1S/C24H22S2/c1-5-7-12-17(3)18(4)23-21(6-2)25-22-16-11-15-20(24(22)26-23)19-13-9-8-10-14-19/h5-16H,2,4H2,1,3H3/b7-5-,17-12+. The van der Waals surface area contributed by atoms with Crippen molar-refractivity contribution in [2.24, 2.45) is 0 Å². The van der Waals surface area contributed by atoms with E-state index >= 15 is 0 Å². The second-order valence-corrected chi connectivity index (χ2v) is 8.06. The van der Waals surface area contributed by atoms with Crippen LogP contribution in [0.5, 0.6) is 0 Å². The van der Waals surface area contributed by atoms with Crippen LogP contribution in [0.4, 0.5) is 0 Å². The van der Waals surface area contributed by atoms with Crippen molar-refractivity contribution >= 4 is 23.5 Å². The first kappa shape index (κ1) is 18.6. The van der Waals surface area contributed by atoms with Gasteiger partial charge in [-0.15, -0.1) is 0 Å². The Bertz CT molecular complexity index is 928. The zero-order valence-electron chi connectivity index (χ0n) is 15.2. The zero-order chi connectivity index (χ0) is 18.5. The molecule has 2 aromatic carbocycles. The molecule has 3 rings (SSSR count). The maximum atomic E-state index is 4.36. The molecule has 0 aromatic heterocycles. The summed E-state index contributed by atoms with van der Waals surface area (Å²) in [5.41, 5.74) is 4.74. The summed E-state index contributed by atoms with van der Waals surface area (Å²) in [6.45, 7) is 12.5. The first-order chi connectivity index (χ1) is 12.7. The lowest BCUT2D eigenvalue weighted by atomic mass is 10.1. The Kier molecular flexibility index (Phi) is 6.08. The monoisotopic (exact) mass is 374 g/mol. The largest absolute Gasteiger partial charge is 0.0979 e. The molecule has 0 N–H and O–H groups in total. The molecule has 2 heteroatoms. The zero-order valence-corrected chi connectivity index (χ0v) is 16.8. The fourth-order valence-corrected chi connectivity index (χ4v) is 5.25. The highest BCUT2D eigenvalue weighted by Gasteiger charge is 2.23. The van der Waals surface area contributed by atoms with Gasteiger partial charge in [-0.3, -0.25) is 0 Å². The van der Waals surface area contributed by atoms with E-state index in [4.69, 9.17) is 0 Å². The molecule has 130 valence electrons. The molecular weight excluding hydrogens is 352 g/mol. The lowest BCUT2D eigenvalue weighted by Gasteiger charge is -2.24. The SMILES string of the molecule is C=CC1=C(C(=C)/C(C)=C/C=C\C)Sc2c(cccc2-c2ccccc2)S1. The van der Waals surface area contributed by atoms with Crippen LogP contribution in [-0.4, -0.2) is 0 Å². The van der Waals surface area contributed by atoms with E-state index in [-0.39, 0.29) is 0 Å². The third-order valence-electron chi connectivity index (χ3n) is 4.19. The Hall–Kier alpha value is -2.16. The van der Waals surface area contributed by atoms with Crippen molar-refractivity contribution in [2.45, 2.75) is 23.6 Å². The molecule has 26 heavy (non-hydrogen) atoms. The Labute approximate surface area is 165 Å². The summed E-state index contributed by atoms with van der Waals surface area (Å²) >= 11 is 3.58. The number of hydrogen-bond acceptors (Lipinski definition) is 2. The van der Waals surface area contributed by atoms with Crippen LogP contribution in [0, 0.1) is 0 Å². The van der Waals surface area contributed by atoms with E-state index in [9.17, 15) is 0 Å². The molecular formula is C24H22S2. The molecule has 0 bridgehead atoms. The second-order valence-electron chi connectivity index (χ2n) is 5.95. The molecule has 0 fully saturated rings. The van der Waals surface area contributed by atoms with E-state index in [2.05, 4.69) is 80.8 Å². The normalized spacial score (nSPS) is 14.5. The summed E-state index contributed by atoms with van der Waals surface area (Å²) in [4.78, 5) is 4.94. The van der Waals surface area contributed by atoms with Gasteiger partial charge in [-0.05, 0) is 42.2 Å². The van der Waals surface area contributed by atoms with E-state index in [1.807, 2.05) is 19.1 Å².